The van der Waals surface area contributed by atoms with Gasteiger partial charge in [-0.2, -0.15) is 0 Å². The number of furan rings is 1. The van der Waals surface area contributed by atoms with Gasteiger partial charge < -0.3 is 4.42 Å². The first-order chi connectivity index (χ1) is 13.2. The van der Waals surface area contributed by atoms with Crippen molar-refractivity contribution in [2.45, 2.75) is 6.92 Å². The van der Waals surface area contributed by atoms with E-state index in [1.807, 2.05) is 18.2 Å². The lowest BCUT2D eigenvalue weighted by Crippen LogP contribution is -2.30. The fourth-order valence-electron chi connectivity index (χ4n) is 3.72. The highest BCUT2D eigenvalue weighted by molar-refractivity contribution is 6.05. The van der Waals surface area contributed by atoms with Crippen molar-refractivity contribution in [3.63, 3.8) is 0 Å². The van der Waals surface area contributed by atoms with E-state index in [-0.39, 0.29) is 0 Å². The first-order valence-electron chi connectivity index (χ1n) is 9.04. The van der Waals surface area contributed by atoms with Crippen LogP contribution in [-0.4, -0.2) is 4.98 Å². The average molecular weight is 351 g/mol. The maximum absolute atomic E-state index is 5.84. The van der Waals surface area contributed by atoms with Crippen LogP contribution in [0.1, 0.15) is 5.56 Å². The van der Waals surface area contributed by atoms with Crippen molar-refractivity contribution >= 4 is 22.1 Å². The third-order valence-corrected chi connectivity index (χ3v) is 5.14. The fraction of sp³-hybridized carbons (Fsp3) is 0.0833. The van der Waals surface area contributed by atoms with Gasteiger partial charge in [0.15, 0.2) is 6.20 Å². The molecule has 0 aliphatic heterocycles. The Morgan fingerprint density at radius 2 is 1.70 bits per heavy atom. The molecule has 0 fully saturated rings. The van der Waals surface area contributed by atoms with Crippen LogP contribution in [0.3, 0.4) is 0 Å². The highest BCUT2D eigenvalue weighted by Crippen LogP contribution is 2.33. The van der Waals surface area contributed by atoms with E-state index in [0.717, 1.165) is 16.4 Å². The summed E-state index contributed by atoms with van der Waals surface area (Å²) < 4.78 is 7.99. The lowest BCUT2D eigenvalue weighted by molar-refractivity contribution is -0.660. The van der Waals surface area contributed by atoms with Crippen LogP contribution >= 0.6 is 0 Å². The third kappa shape index (κ3) is 2.59. The number of pyridine rings is 2. The van der Waals surface area contributed by atoms with Crippen molar-refractivity contribution in [2.24, 2.45) is 7.05 Å². The molecule has 0 aliphatic rings. The first-order valence-corrected chi connectivity index (χ1v) is 9.04. The number of rotatable bonds is 2. The normalized spacial score (nSPS) is 11.3. The molecule has 5 rings (SSSR count). The number of fused-ring (bicyclic) bond motifs is 3. The smallest absolute Gasteiger partial charge is 0.227 e. The maximum Gasteiger partial charge on any atom is 0.227 e. The number of aromatic nitrogens is 2. The van der Waals surface area contributed by atoms with Gasteiger partial charge in [0.25, 0.3) is 0 Å². The van der Waals surface area contributed by atoms with Crippen LogP contribution in [0.25, 0.3) is 44.5 Å². The predicted octanol–water partition coefficient (Wildman–Crippen LogP) is 5.45. The molecule has 0 aliphatic carbocycles. The van der Waals surface area contributed by atoms with Gasteiger partial charge in [0, 0.05) is 34.7 Å². The van der Waals surface area contributed by atoms with Crippen molar-refractivity contribution in [1.82, 2.24) is 4.98 Å². The Labute approximate surface area is 157 Å². The van der Waals surface area contributed by atoms with Crippen LogP contribution < -0.4 is 4.57 Å². The van der Waals surface area contributed by atoms with Crippen molar-refractivity contribution in [1.29, 1.82) is 0 Å². The topological polar surface area (TPSA) is 29.9 Å². The van der Waals surface area contributed by atoms with Crippen LogP contribution in [0, 0.1) is 6.92 Å². The Kier molecular flexibility index (Phi) is 3.54. The molecule has 3 aromatic heterocycles. The predicted molar refractivity (Wildman–Crippen MR) is 108 cm³/mol. The van der Waals surface area contributed by atoms with Crippen molar-refractivity contribution in [3.8, 4) is 22.4 Å². The molecule has 0 atom stereocenters. The van der Waals surface area contributed by atoms with Crippen molar-refractivity contribution < 1.29 is 8.98 Å². The molecule has 0 amide bonds. The summed E-state index contributed by atoms with van der Waals surface area (Å²) >= 11 is 0. The molecule has 0 saturated carbocycles. The number of nitrogens with zero attached hydrogens (tertiary/aromatic N) is 2. The quantitative estimate of drug-likeness (QED) is 0.396. The summed E-state index contributed by atoms with van der Waals surface area (Å²) in [6, 6.07) is 23.3. The van der Waals surface area contributed by atoms with Crippen LogP contribution in [0.2, 0.25) is 0 Å². The van der Waals surface area contributed by atoms with E-state index in [2.05, 4.69) is 78.3 Å². The third-order valence-electron chi connectivity index (χ3n) is 5.14. The zero-order chi connectivity index (χ0) is 18.4. The Hall–Kier alpha value is -3.46. The summed E-state index contributed by atoms with van der Waals surface area (Å²) in [5.74, 6) is 0. The summed E-state index contributed by atoms with van der Waals surface area (Å²) in [6.07, 6.45) is 3.84. The van der Waals surface area contributed by atoms with Gasteiger partial charge in [-0.1, -0.05) is 18.2 Å². The standard InChI is InChI=1S/C24H19N2O/c1-16-14-17(8-10-19(16)22-7-3-4-13-26(22)2)18-9-11-23-21(15-18)20-6-5-12-25-24(20)27-23/h3-15H,1-2H3/q+1. The van der Waals surface area contributed by atoms with E-state index in [0.29, 0.717) is 5.71 Å². The monoisotopic (exact) mass is 351 g/mol. The Morgan fingerprint density at radius 3 is 2.56 bits per heavy atom. The van der Waals surface area contributed by atoms with Crippen molar-refractivity contribution in [3.05, 3.63) is 84.7 Å². The second kappa shape index (κ2) is 6.06. The summed E-state index contributed by atoms with van der Waals surface area (Å²) in [4.78, 5) is 4.32. The molecule has 0 unspecified atom stereocenters. The minimum atomic E-state index is 0.688. The summed E-state index contributed by atoms with van der Waals surface area (Å²) in [7, 11) is 2.08. The maximum atomic E-state index is 5.84. The molecule has 2 aromatic carbocycles. The van der Waals surface area contributed by atoms with Gasteiger partial charge in [-0.15, -0.1) is 0 Å². The largest absolute Gasteiger partial charge is 0.438 e. The van der Waals surface area contributed by atoms with E-state index in [1.54, 1.807) is 6.20 Å². The van der Waals surface area contributed by atoms with E-state index in [1.165, 1.54) is 27.9 Å². The summed E-state index contributed by atoms with van der Waals surface area (Å²) in [5.41, 5.74) is 7.67. The molecule has 0 saturated heterocycles. The van der Waals surface area contributed by atoms with Gasteiger partial charge in [0.2, 0.25) is 11.4 Å². The molecule has 3 heteroatoms. The molecule has 0 spiro atoms. The molecule has 0 radical (unpaired) electrons. The van der Waals surface area contributed by atoms with Crippen LogP contribution in [-0.2, 0) is 7.05 Å². The molecular weight excluding hydrogens is 332 g/mol. The Balaban J connectivity index is 1.63. The van der Waals surface area contributed by atoms with Crippen molar-refractivity contribution in [2.75, 3.05) is 0 Å². The number of benzene rings is 2. The second-order valence-electron chi connectivity index (χ2n) is 6.90. The Bertz CT molecular complexity index is 1300. The minimum Gasteiger partial charge on any atom is -0.438 e. The summed E-state index contributed by atoms with van der Waals surface area (Å²) in [5, 5.41) is 2.16. The average Bonchev–Trinajstić information content (AvgIpc) is 3.06. The van der Waals surface area contributed by atoms with E-state index in [4.69, 9.17) is 4.42 Å². The molecule has 3 heterocycles. The minimum absolute atomic E-state index is 0.688. The molecule has 130 valence electrons. The second-order valence-corrected chi connectivity index (χ2v) is 6.90. The SMILES string of the molecule is Cc1cc(-c2ccc3oc4ncccc4c3c2)ccc1-c1cccc[n+]1C. The van der Waals surface area contributed by atoms with E-state index >= 15 is 0 Å². The van der Waals surface area contributed by atoms with E-state index in [9.17, 15) is 0 Å². The van der Waals surface area contributed by atoms with E-state index < -0.39 is 0 Å². The van der Waals surface area contributed by atoms with Crippen LogP contribution in [0.5, 0.6) is 0 Å². The lowest BCUT2D eigenvalue weighted by atomic mass is 9.97. The molecule has 27 heavy (non-hydrogen) atoms. The van der Waals surface area contributed by atoms with Crippen LogP contribution in [0.15, 0.2) is 83.5 Å². The highest BCUT2D eigenvalue weighted by Gasteiger charge is 2.13. The number of aryl methyl sites for hydroxylation is 2. The number of hydrogen-bond donors (Lipinski definition) is 0. The van der Waals surface area contributed by atoms with Gasteiger partial charge in [-0.25, -0.2) is 9.55 Å². The Morgan fingerprint density at radius 1 is 0.852 bits per heavy atom. The first kappa shape index (κ1) is 15.8. The highest BCUT2D eigenvalue weighted by atomic mass is 16.3. The van der Waals surface area contributed by atoms with Gasteiger partial charge in [0.05, 0.1) is 0 Å². The van der Waals surface area contributed by atoms with Crippen LogP contribution in [0.4, 0.5) is 0 Å². The number of hydrogen-bond acceptors (Lipinski definition) is 2. The molecule has 0 N–H and O–H groups in total. The molecular formula is C24H19N2O+. The molecule has 5 aromatic rings. The van der Waals surface area contributed by atoms with Gasteiger partial charge in [-0.05, 0) is 60.0 Å². The molecule has 3 nitrogen and oxygen atoms in total. The van der Waals surface area contributed by atoms with Gasteiger partial charge >= 0.3 is 0 Å². The van der Waals surface area contributed by atoms with Gasteiger partial charge in [-0.3, -0.25) is 0 Å². The lowest BCUT2D eigenvalue weighted by Gasteiger charge is -2.08. The van der Waals surface area contributed by atoms with Gasteiger partial charge in [0.1, 0.15) is 12.6 Å². The summed E-state index contributed by atoms with van der Waals surface area (Å²) in [6.45, 7) is 2.17. The zero-order valence-electron chi connectivity index (χ0n) is 15.3. The fourth-order valence-corrected chi connectivity index (χ4v) is 3.72. The zero-order valence-corrected chi connectivity index (χ0v) is 15.3. The molecule has 0 bridgehead atoms.